The third-order valence-electron chi connectivity index (χ3n) is 6.31. The molecule has 2 aromatic rings. The Morgan fingerprint density at radius 2 is 1.88 bits per heavy atom. The van der Waals surface area contributed by atoms with Crippen LogP contribution in [-0.4, -0.2) is 40.6 Å². The fourth-order valence-corrected chi connectivity index (χ4v) is 5.64. The molecule has 0 spiro atoms. The molecule has 1 aromatic heterocycles. The zero-order chi connectivity index (χ0) is 23.1. The monoisotopic (exact) mass is 466 g/mol. The lowest BCUT2D eigenvalue weighted by atomic mass is 9.94. The molecule has 2 aliphatic heterocycles. The normalized spacial score (nSPS) is 22.0. The Kier molecular flexibility index (Phi) is 5.45. The van der Waals surface area contributed by atoms with Gasteiger partial charge in [-0.25, -0.2) is 4.79 Å². The average molecular weight is 467 g/mol. The highest BCUT2D eigenvalue weighted by Crippen LogP contribution is 2.33. The van der Waals surface area contributed by atoms with Crippen molar-refractivity contribution in [2.75, 3.05) is 0 Å². The van der Waals surface area contributed by atoms with E-state index < -0.39 is 29.7 Å². The van der Waals surface area contributed by atoms with Crippen LogP contribution in [0.1, 0.15) is 68.4 Å². The highest BCUT2D eigenvalue weighted by molar-refractivity contribution is 7.10. The van der Waals surface area contributed by atoms with Gasteiger partial charge in [-0.1, -0.05) is 6.07 Å². The number of aryl methyl sites for hydroxylation is 1. The van der Waals surface area contributed by atoms with Gasteiger partial charge >= 0.3 is 6.03 Å². The Morgan fingerprint density at radius 3 is 2.70 bits per heavy atom. The Morgan fingerprint density at radius 1 is 1.06 bits per heavy atom. The van der Waals surface area contributed by atoms with Gasteiger partial charge in [0.25, 0.3) is 11.8 Å². The summed E-state index contributed by atoms with van der Waals surface area (Å²) in [5, 5.41) is 10.1. The number of benzene rings is 1. The fraction of sp³-hybridized carbons (Fsp3) is 0.348. The predicted molar refractivity (Wildman–Crippen MR) is 118 cm³/mol. The lowest BCUT2D eigenvalue weighted by Crippen LogP contribution is -2.54. The number of carbonyl (C=O) groups is 5. The van der Waals surface area contributed by atoms with Gasteiger partial charge in [-0.05, 0) is 60.4 Å². The van der Waals surface area contributed by atoms with Crippen molar-refractivity contribution in [1.29, 1.82) is 0 Å². The number of rotatable bonds is 4. The minimum atomic E-state index is -1.00. The van der Waals surface area contributed by atoms with Crippen molar-refractivity contribution in [3.63, 3.8) is 0 Å². The second kappa shape index (κ2) is 8.43. The second-order valence-corrected chi connectivity index (χ2v) is 9.40. The Labute approximate surface area is 193 Å². The summed E-state index contributed by atoms with van der Waals surface area (Å²) in [5.41, 5.74) is 2.25. The molecule has 33 heavy (non-hydrogen) atoms. The highest BCUT2D eigenvalue weighted by Gasteiger charge is 2.44. The van der Waals surface area contributed by atoms with E-state index in [1.54, 1.807) is 23.5 Å². The van der Waals surface area contributed by atoms with E-state index in [1.807, 2.05) is 5.38 Å². The molecule has 0 bridgehead atoms. The molecule has 170 valence electrons. The summed E-state index contributed by atoms with van der Waals surface area (Å²) in [6.45, 7) is 0.183. The van der Waals surface area contributed by atoms with Crippen LogP contribution < -0.4 is 16.0 Å². The van der Waals surface area contributed by atoms with E-state index in [-0.39, 0.29) is 42.6 Å². The highest BCUT2D eigenvalue weighted by atomic mass is 32.1. The number of carbonyl (C=O) groups excluding carboxylic acids is 5. The topological polar surface area (TPSA) is 125 Å². The molecule has 3 heterocycles. The van der Waals surface area contributed by atoms with E-state index in [0.29, 0.717) is 5.56 Å². The molecule has 0 saturated carbocycles. The fourth-order valence-electron chi connectivity index (χ4n) is 4.66. The van der Waals surface area contributed by atoms with Crippen LogP contribution in [0.4, 0.5) is 4.79 Å². The molecule has 6 amide bonds. The maximum Gasteiger partial charge on any atom is 0.315 e. The Bertz CT molecular complexity index is 1190. The molecule has 5 rings (SSSR count). The van der Waals surface area contributed by atoms with Crippen LogP contribution in [-0.2, 0) is 22.6 Å². The van der Waals surface area contributed by atoms with Crippen molar-refractivity contribution in [2.45, 2.75) is 50.7 Å². The van der Waals surface area contributed by atoms with Crippen LogP contribution >= 0.6 is 11.3 Å². The first-order chi connectivity index (χ1) is 15.9. The molecule has 1 fully saturated rings. The van der Waals surface area contributed by atoms with Crippen LogP contribution in [0, 0.1) is 0 Å². The standard InChI is InChI=1S/C23H22N4O5S/c28-19-7-6-17(20(29)26-19)27-21(30)13-5-4-12(10-15(13)22(27)31)11-24-23(32)25-16-2-1-3-18-14(16)8-9-33-18/h4-5,8-10,16-17H,1-3,6-7,11H2,(H2,24,25,32)(H,26,28,29). The van der Waals surface area contributed by atoms with Gasteiger partial charge in [-0.3, -0.25) is 29.4 Å². The number of urea groups is 1. The molecule has 2 atom stereocenters. The Balaban J connectivity index is 1.24. The summed E-state index contributed by atoms with van der Waals surface area (Å²) in [4.78, 5) is 64.0. The maximum absolute atomic E-state index is 12.9. The van der Waals surface area contributed by atoms with Crippen LogP contribution in [0.15, 0.2) is 29.6 Å². The van der Waals surface area contributed by atoms with Crippen LogP contribution in [0.3, 0.4) is 0 Å². The zero-order valence-electron chi connectivity index (χ0n) is 17.7. The summed E-state index contributed by atoms with van der Waals surface area (Å²) < 4.78 is 0. The SMILES string of the molecule is O=C1CCC(N2C(=O)c3ccc(CNC(=O)NC4CCCc5sccc54)cc3C2=O)C(=O)N1. The number of fused-ring (bicyclic) bond motifs is 2. The molecule has 2 unspecified atom stereocenters. The molecule has 3 aliphatic rings. The van der Waals surface area contributed by atoms with Gasteiger partial charge in [-0.15, -0.1) is 11.3 Å². The molecule has 10 heteroatoms. The zero-order valence-corrected chi connectivity index (χ0v) is 18.5. The van der Waals surface area contributed by atoms with Gasteiger partial charge in [0.05, 0.1) is 17.2 Å². The van der Waals surface area contributed by atoms with E-state index in [1.165, 1.54) is 16.5 Å². The second-order valence-electron chi connectivity index (χ2n) is 8.40. The number of piperidine rings is 1. The predicted octanol–water partition coefficient (Wildman–Crippen LogP) is 2.03. The van der Waals surface area contributed by atoms with E-state index >= 15 is 0 Å². The van der Waals surface area contributed by atoms with E-state index in [4.69, 9.17) is 0 Å². The quantitative estimate of drug-likeness (QED) is 0.595. The maximum atomic E-state index is 12.9. The van der Waals surface area contributed by atoms with Gasteiger partial charge in [0.15, 0.2) is 0 Å². The Hall–Kier alpha value is -3.53. The van der Waals surface area contributed by atoms with Crippen molar-refractivity contribution in [3.8, 4) is 0 Å². The average Bonchev–Trinajstić information content (AvgIpc) is 3.37. The van der Waals surface area contributed by atoms with Crippen molar-refractivity contribution < 1.29 is 24.0 Å². The molecule has 1 aromatic carbocycles. The first-order valence-electron chi connectivity index (χ1n) is 10.9. The van der Waals surface area contributed by atoms with Crippen molar-refractivity contribution >= 4 is 41.0 Å². The number of nitrogens with one attached hydrogen (secondary N) is 3. The number of imide groups is 2. The van der Waals surface area contributed by atoms with Gasteiger partial charge in [-0.2, -0.15) is 0 Å². The molecular formula is C23H22N4O5S. The number of hydrogen-bond donors (Lipinski definition) is 3. The molecule has 1 aliphatic carbocycles. The van der Waals surface area contributed by atoms with E-state index in [0.717, 1.165) is 24.2 Å². The van der Waals surface area contributed by atoms with Crippen molar-refractivity contribution in [1.82, 2.24) is 20.9 Å². The number of thiophene rings is 1. The third-order valence-corrected chi connectivity index (χ3v) is 7.31. The number of amides is 6. The van der Waals surface area contributed by atoms with Crippen molar-refractivity contribution in [3.05, 3.63) is 56.8 Å². The van der Waals surface area contributed by atoms with E-state index in [2.05, 4.69) is 22.0 Å². The lowest BCUT2D eigenvalue weighted by molar-refractivity contribution is -0.136. The van der Waals surface area contributed by atoms with Gasteiger partial charge in [0, 0.05) is 17.8 Å². The third kappa shape index (κ3) is 3.91. The van der Waals surface area contributed by atoms with Gasteiger partial charge in [0.1, 0.15) is 6.04 Å². The smallest absolute Gasteiger partial charge is 0.315 e. The molecule has 1 saturated heterocycles. The summed E-state index contributed by atoms with van der Waals surface area (Å²) in [5.74, 6) is -2.17. The number of hydrogen-bond acceptors (Lipinski definition) is 6. The first kappa shape index (κ1) is 21.3. The lowest BCUT2D eigenvalue weighted by Gasteiger charge is -2.27. The van der Waals surface area contributed by atoms with E-state index in [9.17, 15) is 24.0 Å². The van der Waals surface area contributed by atoms with Crippen LogP contribution in [0.2, 0.25) is 0 Å². The summed E-state index contributed by atoms with van der Waals surface area (Å²) in [6.07, 6.45) is 3.15. The van der Waals surface area contributed by atoms with Crippen LogP contribution in [0.5, 0.6) is 0 Å². The largest absolute Gasteiger partial charge is 0.334 e. The minimum Gasteiger partial charge on any atom is -0.334 e. The molecule has 3 N–H and O–H groups in total. The first-order valence-corrected chi connectivity index (χ1v) is 11.8. The minimum absolute atomic E-state index is 0.0127. The molecular weight excluding hydrogens is 444 g/mol. The van der Waals surface area contributed by atoms with Gasteiger partial charge in [0.2, 0.25) is 11.8 Å². The number of nitrogens with zero attached hydrogens (tertiary/aromatic N) is 1. The van der Waals surface area contributed by atoms with Crippen LogP contribution in [0.25, 0.3) is 0 Å². The van der Waals surface area contributed by atoms with Crippen molar-refractivity contribution in [2.24, 2.45) is 0 Å². The summed E-state index contributed by atoms with van der Waals surface area (Å²) in [6, 6.07) is 5.53. The molecule has 9 nitrogen and oxygen atoms in total. The summed E-state index contributed by atoms with van der Waals surface area (Å²) in [7, 11) is 0. The van der Waals surface area contributed by atoms with Gasteiger partial charge < -0.3 is 10.6 Å². The molecule has 0 radical (unpaired) electrons. The summed E-state index contributed by atoms with van der Waals surface area (Å²) >= 11 is 1.71.